The van der Waals surface area contributed by atoms with Crippen LogP contribution in [0, 0.1) is 5.82 Å². The van der Waals surface area contributed by atoms with E-state index in [2.05, 4.69) is 20.3 Å². The summed E-state index contributed by atoms with van der Waals surface area (Å²) in [5.41, 5.74) is 14.1. The Labute approximate surface area is 152 Å². The lowest BCUT2D eigenvalue weighted by Crippen LogP contribution is -1.97. The van der Waals surface area contributed by atoms with Gasteiger partial charge in [0.2, 0.25) is 0 Å². The van der Waals surface area contributed by atoms with E-state index < -0.39 is 5.82 Å². The van der Waals surface area contributed by atoms with Crippen molar-refractivity contribution in [3.8, 4) is 28.1 Å². The van der Waals surface area contributed by atoms with Crippen molar-refractivity contribution in [3.63, 3.8) is 0 Å². The number of rotatable bonds is 3. The lowest BCUT2D eigenvalue weighted by atomic mass is 10.0. The fourth-order valence-corrected chi connectivity index (χ4v) is 2.72. The van der Waals surface area contributed by atoms with Crippen LogP contribution < -0.4 is 16.2 Å². The summed E-state index contributed by atoms with van der Waals surface area (Å²) in [5, 5.41) is 10.8. The number of halogens is 2. The molecule has 0 spiro atoms. The van der Waals surface area contributed by atoms with Crippen molar-refractivity contribution in [1.82, 2.24) is 20.3 Å². The number of H-pyrrole nitrogens is 1. The van der Waals surface area contributed by atoms with Crippen LogP contribution in [0.15, 0.2) is 35.2 Å². The summed E-state index contributed by atoms with van der Waals surface area (Å²) in [6.07, 6.45) is 4.76. The van der Waals surface area contributed by atoms with Crippen LogP contribution in [0.1, 0.15) is 0 Å². The van der Waals surface area contributed by atoms with E-state index in [1.165, 1.54) is 25.4 Å². The number of ether oxygens (including phenoxy) is 1. The van der Waals surface area contributed by atoms with Crippen molar-refractivity contribution < 1.29 is 13.7 Å². The van der Waals surface area contributed by atoms with Gasteiger partial charge in [0.1, 0.15) is 17.3 Å². The van der Waals surface area contributed by atoms with Gasteiger partial charge < -0.3 is 20.7 Å². The Morgan fingerprint density at radius 1 is 1.19 bits per heavy atom. The first-order valence-electron chi connectivity index (χ1n) is 7.26. The van der Waals surface area contributed by atoms with Crippen molar-refractivity contribution in [2.45, 2.75) is 0 Å². The normalized spacial score (nSPS) is 10.7. The van der Waals surface area contributed by atoms with Crippen molar-refractivity contribution in [3.05, 3.63) is 36.5 Å². The number of nitrogens with one attached hydrogen (secondary N) is 1. The Morgan fingerprint density at radius 2 is 2.00 bits per heavy atom. The third-order valence-electron chi connectivity index (χ3n) is 3.91. The highest BCUT2D eigenvalue weighted by molar-refractivity contribution is 6.05. The monoisotopic (exact) mass is 376 g/mol. The van der Waals surface area contributed by atoms with Crippen LogP contribution in [0.4, 0.5) is 15.9 Å². The highest BCUT2D eigenvalue weighted by Crippen LogP contribution is 2.39. The second-order valence-corrected chi connectivity index (χ2v) is 5.35. The molecule has 0 saturated carbocycles. The molecular weight excluding hydrogens is 363 g/mol. The average Bonchev–Trinajstić information content (AvgIpc) is 3.25. The number of methoxy groups -OCH3 is 1. The SMILES string of the molecule is COc1cc(-c2cnc(-c3cn[nH]c3)c3onc(N)c23)c(F)cc1N.Cl. The smallest absolute Gasteiger partial charge is 0.196 e. The molecule has 134 valence electrons. The van der Waals surface area contributed by atoms with Gasteiger partial charge in [0.15, 0.2) is 11.4 Å². The molecule has 0 radical (unpaired) electrons. The Kier molecular flexibility index (Phi) is 4.39. The first-order valence-corrected chi connectivity index (χ1v) is 7.26. The molecule has 0 amide bonds. The summed E-state index contributed by atoms with van der Waals surface area (Å²) < 4.78 is 25.0. The minimum Gasteiger partial charge on any atom is -0.495 e. The number of fused-ring (bicyclic) bond motifs is 1. The van der Waals surface area contributed by atoms with E-state index in [0.717, 1.165) is 0 Å². The first kappa shape index (κ1) is 17.5. The maximum absolute atomic E-state index is 14.5. The second kappa shape index (κ2) is 6.52. The maximum atomic E-state index is 14.5. The van der Waals surface area contributed by atoms with Crippen LogP contribution in [0.25, 0.3) is 33.4 Å². The minimum absolute atomic E-state index is 0. The number of nitrogens with two attached hydrogens (primary N) is 2. The Hall–Kier alpha value is -3.33. The number of hydrogen-bond acceptors (Lipinski definition) is 7. The molecule has 0 aliphatic carbocycles. The van der Waals surface area contributed by atoms with E-state index in [-0.39, 0.29) is 29.5 Å². The molecule has 1 aromatic carbocycles. The van der Waals surface area contributed by atoms with Crippen molar-refractivity contribution in [2.75, 3.05) is 18.6 Å². The van der Waals surface area contributed by atoms with Gasteiger partial charge in [-0.2, -0.15) is 5.10 Å². The van der Waals surface area contributed by atoms with E-state index >= 15 is 0 Å². The second-order valence-electron chi connectivity index (χ2n) is 5.35. The standard InChI is InChI=1S/C16H13FN6O2.ClH/c1-24-12-2-8(10(17)3-11(12)18)9-6-20-14(7-4-21-22-5-7)15-13(9)16(19)23-25-15;/h2-6H,18H2,1H3,(H2,19,23)(H,21,22);1H. The van der Waals surface area contributed by atoms with Gasteiger partial charge in [0.25, 0.3) is 0 Å². The van der Waals surface area contributed by atoms with E-state index in [1.54, 1.807) is 12.4 Å². The highest BCUT2D eigenvalue weighted by Gasteiger charge is 2.21. The van der Waals surface area contributed by atoms with Gasteiger partial charge in [0.05, 0.1) is 24.4 Å². The molecule has 8 nitrogen and oxygen atoms in total. The molecule has 3 heterocycles. The number of benzene rings is 1. The highest BCUT2D eigenvalue weighted by atomic mass is 35.5. The van der Waals surface area contributed by atoms with Crippen LogP contribution >= 0.6 is 12.4 Å². The predicted octanol–water partition coefficient (Wildman–Crippen LogP) is 3.01. The lowest BCUT2D eigenvalue weighted by Gasteiger charge is -2.10. The van der Waals surface area contributed by atoms with E-state index in [4.69, 9.17) is 20.7 Å². The molecule has 10 heteroatoms. The summed E-state index contributed by atoms with van der Waals surface area (Å²) in [4.78, 5) is 4.37. The Bertz CT molecular complexity index is 1080. The zero-order chi connectivity index (χ0) is 17.6. The molecule has 4 rings (SSSR count). The Balaban J connectivity index is 0.00000196. The minimum atomic E-state index is -0.530. The zero-order valence-electron chi connectivity index (χ0n) is 13.5. The maximum Gasteiger partial charge on any atom is 0.196 e. The molecule has 5 N–H and O–H groups in total. The summed E-state index contributed by atoms with van der Waals surface area (Å²) >= 11 is 0. The molecule has 4 aromatic rings. The number of aromatic nitrogens is 4. The summed E-state index contributed by atoms with van der Waals surface area (Å²) in [7, 11) is 1.46. The van der Waals surface area contributed by atoms with E-state index in [9.17, 15) is 4.39 Å². The van der Waals surface area contributed by atoms with Gasteiger partial charge in [-0.3, -0.25) is 10.1 Å². The number of anilines is 2. The van der Waals surface area contributed by atoms with E-state index in [1.807, 2.05) is 0 Å². The third kappa shape index (κ3) is 2.58. The molecule has 0 atom stereocenters. The molecular formula is C16H14ClFN6O2. The quantitative estimate of drug-likeness (QED) is 0.468. The molecule has 3 aromatic heterocycles. The summed E-state index contributed by atoms with van der Waals surface area (Å²) in [6.45, 7) is 0. The Morgan fingerprint density at radius 3 is 2.69 bits per heavy atom. The van der Waals surface area contributed by atoms with Crippen LogP contribution in [0.5, 0.6) is 5.75 Å². The van der Waals surface area contributed by atoms with Crippen LogP contribution in [0.3, 0.4) is 0 Å². The number of nitrogen functional groups attached to an aromatic ring is 2. The van der Waals surface area contributed by atoms with Gasteiger partial charge in [-0.25, -0.2) is 4.39 Å². The molecule has 0 bridgehead atoms. The number of aromatic amines is 1. The largest absolute Gasteiger partial charge is 0.495 e. The average molecular weight is 377 g/mol. The molecule has 0 fully saturated rings. The summed E-state index contributed by atoms with van der Waals surface area (Å²) in [5.74, 6) is -0.0520. The van der Waals surface area contributed by atoms with Gasteiger partial charge in [-0.05, 0) is 6.07 Å². The fraction of sp³-hybridized carbons (Fsp3) is 0.0625. The molecule has 0 saturated heterocycles. The number of hydrogen-bond donors (Lipinski definition) is 3. The molecule has 0 aliphatic rings. The topological polar surface area (TPSA) is 129 Å². The predicted molar refractivity (Wildman–Crippen MR) is 97.4 cm³/mol. The van der Waals surface area contributed by atoms with Crippen LogP contribution in [-0.4, -0.2) is 27.4 Å². The van der Waals surface area contributed by atoms with Gasteiger partial charge in [-0.1, -0.05) is 5.16 Å². The number of nitrogens with zero attached hydrogens (tertiary/aromatic N) is 3. The van der Waals surface area contributed by atoms with Gasteiger partial charge >= 0.3 is 0 Å². The first-order chi connectivity index (χ1) is 12.1. The van der Waals surface area contributed by atoms with Gasteiger partial charge in [0, 0.05) is 35.2 Å². The van der Waals surface area contributed by atoms with Crippen LogP contribution in [-0.2, 0) is 0 Å². The fourth-order valence-electron chi connectivity index (χ4n) is 2.72. The van der Waals surface area contributed by atoms with Crippen molar-refractivity contribution in [1.29, 1.82) is 0 Å². The summed E-state index contributed by atoms with van der Waals surface area (Å²) in [6, 6.07) is 2.68. The molecule has 26 heavy (non-hydrogen) atoms. The third-order valence-corrected chi connectivity index (χ3v) is 3.91. The van der Waals surface area contributed by atoms with Crippen LogP contribution in [0.2, 0.25) is 0 Å². The lowest BCUT2D eigenvalue weighted by molar-refractivity contribution is 0.416. The molecule has 0 unspecified atom stereocenters. The number of pyridine rings is 1. The molecule has 0 aliphatic heterocycles. The van der Waals surface area contributed by atoms with E-state index in [0.29, 0.717) is 33.5 Å². The van der Waals surface area contributed by atoms with Crippen molar-refractivity contribution >= 4 is 34.9 Å². The van der Waals surface area contributed by atoms with Gasteiger partial charge in [-0.15, -0.1) is 12.4 Å². The van der Waals surface area contributed by atoms with Crippen molar-refractivity contribution in [2.24, 2.45) is 0 Å². The zero-order valence-corrected chi connectivity index (χ0v) is 14.3.